The molecule has 0 aliphatic carbocycles. The number of anilines is 2. The summed E-state index contributed by atoms with van der Waals surface area (Å²) in [5.41, 5.74) is 1.43. The Balaban J connectivity index is 1.23. The molecule has 2 aromatic carbocycles. The molecule has 178 valence electrons. The minimum absolute atomic E-state index is 0.0150. The van der Waals surface area contributed by atoms with Crippen LogP contribution in [0.4, 0.5) is 11.4 Å². The van der Waals surface area contributed by atoms with Crippen LogP contribution in [0.3, 0.4) is 0 Å². The number of hydrogen-bond donors (Lipinski definition) is 1. The number of rotatable bonds is 5. The molecule has 2 aromatic rings. The monoisotopic (exact) mass is 462 g/mol. The first-order chi connectivity index (χ1) is 16.4. The predicted molar refractivity (Wildman–Crippen MR) is 129 cm³/mol. The first kappa shape index (κ1) is 22.3. The topological polar surface area (TPSA) is 82.2 Å². The van der Waals surface area contributed by atoms with E-state index in [0.29, 0.717) is 24.1 Å². The number of nitrogens with zero attached hydrogens (tertiary/aromatic N) is 3. The van der Waals surface area contributed by atoms with Crippen molar-refractivity contribution < 1.29 is 19.1 Å². The summed E-state index contributed by atoms with van der Waals surface area (Å²) in [4.78, 5) is 44.6. The molecule has 8 nitrogen and oxygen atoms in total. The third kappa shape index (κ3) is 3.77. The van der Waals surface area contributed by atoms with Crippen LogP contribution in [0.5, 0.6) is 5.75 Å². The van der Waals surface area contributed by atoms with E-state index in [1.54, 1.807) is 29.0 Å². The van der Waals surface area contributed by atoms with Crippen LogP contribution in [0.2, 0.25) is 0 Å². The number of hydrogen-bond acceptors (Lipinski definition) is 5. The lowest BCUT2D eigenvalue weighted by molar-refractivity contribution is -0.124. The molecule has 2 fully saturated rings. The van der Waals surface area contributed by atoms with Crippen LogP contribution in [0, 0.1) is 0 Å². The van der Waals surface area contributed by atoms with Crippen LogP contribution in [0.1, 0.15) is 43.0 Å². The van der Waals surface area contributed by atoms with Crippen molar-refractivity contribution in [2.24, 2.45) is 0 Å². The predicted octanol–water partition coefficient (Wildman–Crippen LogP) is 2.78. The largest absolute Gasteiger partial charge is 0.497 e. The zero-order valence-electron chi connectivity index (χ0n) is 19.6. The van der Waals surface area contributed by atoms with E-state index in [9.17, 15) is 14.4 Å². The maximum absolute atomic E-state index is 13.3. The van der Waals surface area contributed by atoms with Gasteiger partial charge in [0, 0.05) is 31.2 Å². The molecule has 0 spiro atoms. The van der Waals surface area contributed by atoms with E-state index >= 15 is 0 Å². The molecular formula is C26H30N4O4. The van der Waals surface area contributed by atoms with Gasteiger partial charge in [-0.05, 0) is 62.6 Å². The highest BCUT2D eigenvalue weighted by molar-refractivity contribution is 6.11. The second kappa shape index (κ2) is 8.66. The number of carbonyl (C=O) groups excluding carboxylic acids is 3. The average Bonchev–Trinajstić information content (AvgIpc) is 3.17. The van der Waals surface area contributed by atoms with Gasteiger partial charge in [-0.1, -0.05) is 12.1 Å². The molecule has 0 bridgehead atoms. The Morgan fingerprint density at radius 2 is 1.79 bits per heavy atom. The van der Waals surface area contributed by atoms with E-state index in [1.807, 2.05) is 43.3 Å². The molecule has 34 heavy (non-hydrogen) atoms. The molecule has 0 radical (unpaired) electrons. The number of carbonyl (C=O) groups is 3. The average molecular weight is 463 g/mol. The van der Waals surface area contributed by atoms with Crippen molar-refractivity contribution in [2.45, 2.75) is 44.3 Å². The molecule has 2 saturated heterocycles. The van der Waals surface area contributed by atoms with Crippen molar-refractivity contribution in [1.82, 2.24) is 10.2 Å². The van der Waals surface area contributed by atoms with Crippen LogP contribution < -0.4 is 19.9 Å². The van der Waals surface area contributed by atoms with E-state index < -0.39 is 5.66 Å². The van der Waals surface area contributed by atoms with Crippen LogP contribution in [0.15, 0.2) is 48.5 Å². The van der Waals surface area contributed by atoms with E-state index in [0.717, 1.165) is 37.4 Å². The normalized spacial score (nSPS) is 22.5. The Morgan fingerprint density at radius 1 is 1.09 bits per heavy atom. The Labute approximate surface area is 199 Å². The number of para-hydroxylation sites is 1. The number of nitrogens with one attached hydrogen (secondary N) is 1. The SMILES string of the molecule is COc1ccc(N2CCC(NC(=O)CN3C(=O)c4ccccc4N4C(=O)CCC34C)CC2)cc1. The molecule has 1 atom stereocenters. The fourth-order valence-corrected chi connectivity index (χ4v) is 5.43. The van der Waals surface area contributed by atoms with Gasteiger partial charge in [0.05, 0.1) is 18.4 Å². The second-order valence-corrected chi connectivity index (χ2v) is 9.38. The Bertz CT molecular complexity index is 1110. The smallest absolute Gasteiger partial charge is 0.258 e. The molecule has 0 saturated carbocycles. The standard InChI is InChI=1S/C26H30N4O4/c1-26-14-11-24(32)30(26)22-6-4-3-5-21(22)25(33)29(26)17-23(31)27-18-12-15-28(16-13-18)19-7-9-20(34-2)10-8-19/h3-10,18H,11-17H2,1-2H3,(H,27,31). The van der Waals surface area contributed by atoms with Crippen LogP contribution >= 0.6 is 0 Å². The summed E-state index contributed by atoms with van der Waals surface area (Å²) in [5, 5.41) is 3.13. The molecule has 3 heterocycles. The van der Waals surface area contributed by atoms with E-state index in [1.165, 1.54) is 0 Å². The molecule has 1 N–H and O–H groups in total. The molecule has 1 unspecified atom stereocenters. The second-order valence-electron chi connectivity index (χ2n) is 9.38. The third-order valence-corrected chi connectivity index (χ3v) is 7.34. The van der Waals surface area contributed by atoms with Gasteiger partial charge in [-0.3, -0.25) is 19.3 Å². The molecular weight excluding hydrogens is 432 g/mol. The molecule has 3 aliphatic rings. The highest BCUT2D eigenvalue weighted by atomic mass is 16.5. The number of fused-ring (bicyclic) bond motifs is 3. The molecule has 3 aliphatic heterocycles. The van der Waals surface area contributed by atoms with Gasteiger partial charge in [0.1, 0.15) is 18.0 Å². The van der Waals surface area contributed by atoms with E-state index in [2.05, 4.69) is 10.2 Å². The van der Waals surface area contributed by atoms with Crippen LogP contribution in [-0.2, 0) is 9.59 Å². The number of methoxy groups -OCH3 is 1. The number of ether oxygens (including phenoxy) is 1. The van der Waals surface area contributed by atoms with Gasteiger partial charge in [0.25, 0.3) is 5.91 Å². The van der Waals surface area contributed by atoms with Crippen molar-refractivity contribution in [3.8, 4) is 5.75 Å². The Hall–Kier alpha value is -3.55. The van der Waals surface area contributed by atoms with Gasteiger partial charge in [-0.25, -0.2) is 0 Å². The van der Waals surface area contributed by atoms with E-state index in [-0.39, 0.29) is 30.3 Å². The summed E-state index contributed by atoms with van der Waals surface area (Å²) >= 11 is 0. The minimum Gasteiger partial charge on any atom is -0.497 e. The summed E-state index contributed by atoms with van der Waals surface area (Å²) in [7, 11) is 1.65. The van der Waals surface area contributed by atoms with Gasteiger partial charge < -0.3 is 19.9 Å². The maximum atomic E-state index is 13.3. The summed E-state index contributed by atoms with van der Waals surface area (Å²) < 4.78 is 5.23. The summed E-state index contributed by atoms with van der Waals surface area (Å²) in [6.45, 7) is 3.50. The molecule has 5 rings (SSSR count). The van der Waals surface area contributed by atoms with Crippen molar-refractivity contribution >= 4 is 29.1 Å². The molecule has 8 heteroatoms. The third-order valence-electron chi connectivity index (χ3n) is 7.34. The molecule has 0 aromatic heterocycles. The number of amides is 3. The lowest BCUT2D eigenvalue weighted by atomic mass is 9.98. The highest BCUT2D eigenvalue weighted by Crippen LogP contribution is 2.43. The zero-order valence-corrected chi connectivity index (χ0v) is 19.6. The van der Waals surface area contributed by atoms with Gasteiger partial charge >= 0.3 is 0 Å². The van der Waals surface area contributed by atoms with Gasteiger partial charge in [0.2, 0.25) is 11.8 Å². The zero-order chi connectivity index (χ0) is 23.9. The van der Waals surface area contributed by atoms with Crippen molar-refractivity contribution in [1.29, 1.82) is 0 Å². The summed E-state index contributed by atoms with van der Waals surface area (Å²) in [5.74, 6) is 0.431. The first-order valence-corrected chi connectivity index (χ1v) is 11.8. The summed E-state index contributed by atoms with van der Waals surface area (Å²) in [6.07, 6.45) is 2.53. The fourth-order valence-electron chi connectivity index (χ4n) is 5.43. The lowest BCUT2D eigenvalue weighted by Gasteiger charge is -2.48. The van der Waals surface area contributed by atoms with E-state index in [4.69, 9.17) is 4.74 Å². The maximum Gasteiger partial charge on any atom is 0.258 e. The minimum atomic E-state index is -0.822. The van der Waals surface area contributed by atoms with Gasteiger partial charge in [0.15, 0.2) is 0 Å². The van der Waals surface area contributed by atoms with Gasteiger partial charge in [-0.15, -0.1) is 0 Å². The van der Waals surface area contributed by atoms with Crippen molar-refractivity contribution in [3.05, 3.63) is 54.1 Å². The quantitative estimate of drug-likeness (QED) is 0.739. The first-order valence-electron chi connectivity index (χ1n) is 11.8. The number of piperidine rings is 1. The van der Waals surface area contributed by atoms with Gasteiger partial charge in [-0.2, -0.15) is 0 Å². The van der Waals surface area contributed by atoms with Crippen molar-refractivity contribution in [3.63, 3.8) is 0 Å². The number of benzene rings is 2. The van der Waals surface area contributed by atoms with Crippen molar-refractivity contribution in [2.75, 3.05) is 36.5 Å². The fraction of sp³-hybridized carbons (Fsp3) is 0.423. The highest BCUT2D eigenvalue weighted by Gasteiger charge is 2.53. The van der Waals surface area contributed by atoms with Crippen LogP contribution in [-0.4, -0.2) is 61.1 Å². The Kier molecular flexibility index (Phi) is 5.67. The Morgan fingerprint density at radius 3 is 2.50 bits per heavy atom. The summed E-state index contributed by atoms with van der Waals surface area (Å²) in [6, 6.07) is 15.2. The van der Waals surface area contributed by atoms with Crippen LogP contribution in [0.25, 0.3) is 0 Å². The molecule has 3 amide bonds. The lowest BCUT2D eigenvalue weighted by Crippen LogP contribution is -2.64.